The van der Waals surface area contributed by atoms with Gasteiger partial charge in [0.2, 0.25) is 0 Å². The largest absolute Gasteiger partial charge is 0.396 e. The fourth-order valence-corrected chi connectivity index (χ4v) is 2.21. The molecule has 4 heteroatoms. The molecule has 1 unspecified atom stereocenters. The second-order valence-corrected chi connectivity index (χ2v) is 4.59. The zero-order valence-corrected chi connectivity index (χ0v) is 10.6. The second-order valence-electron chi connectivity index (χ2n) is 4.59. The molecule has 2 aromatic rings. The highest BCUT2D eigenvalue weighted by Gasteiger charge is 2.14. The highest BCUT2D eigenvalue weighted by molar-refractivity contribution is 5.75. The average Bonchev–Trinajstić information content (AvgIpc) is 2.64. The number of hydrogen-bond donors (Lipinski definition) is 2. The number of aliphatic hydroxyl groups excluding tert-OH is 1. The van der Waals surface area contributed by atoms with E-state index in [4.69, 9.17) is 5.11 Å². The Morgan fingerprint density at radius 3 is 2.82 bits per heavy atom. The molecular weight excluding hydrogens is 214 g/mol. The van der Waals surface area contributed by atoms with Gasteiger partial charge in [0, 0.05) is 12.6 Å². The maximum absolute atomic E-state index is 9.12. The molecule has 0 amide bonds. The zero-order chi connectivity index (χ0) is 12.4. The van der Waals surface area contributed by atoms with E-state index in [9.17, 15) is 0 Å². The van der Waals surface area contributed by atoms with E-state index in [2.05, 4.69) is 27.0 Å². The van der Waals surface area contributed by atoms with Crippen molar-refractivity contribution in [3.8, 4) is 0 Å². The van der Waals surface area contributed by atoms with E-state index in [0.29, 0.717) is 0 Å². The Balaban J connectivity index is 2.39. The number of hydrogen-bond acceptors (Lipinski definition) is 3. The minimum absolute atomic E-state index is 0.197. The fourth-order valence-electron chi connectivity index (χ4n) is 2.21. The minimum Gasteiger partial charge on any atom is -0.396 e. The molecule has 0 radical (unpaired) electrons. The summed E-state index contributed by atoms with van der Waals surface area (Å²) in [5.41, 5.74) is 3.26. The minimum atomic E-state index is 0.197. The molecule has 0 aliphatic rings. The number of imidazole rings is 1. The maximum atomic E-state index is 9.12. The molecule has 0 fully saturated rings. The van der Waals surface area contributed by atoms with Crippen LogP contribution in [0, 0.1) is 6.92 Å². The molecule has 2 rings (SSSR count). The molecular formula is C13H19N3O. The highest BCUT2D eigenvalue weighted by Crippen LogP contribution is 2.24. The summed E-state index contributed by atoms with van der Waals surface area (Å²) in [6.45, 7) is 2.15. The Bertz CT molecular complexity index is 504. The number of aryl methyl sites for hydroxylation is 1. The van der Waals surface area contributed by atoms with Gasteiger partial charge in [-0.15, -0.1) is 0 Å². The van der Waals surface area contributed by atoms with Crippen molar-refractivity contribution in [1.29, 1.82) is 0 Å². The molecule has 0 spiro atoms. The molecule has 1 atom stereocenters. The summed E-state index contributed by atoms with van der Waals surface area (Å²) >= 11 is 0. The molecule has 0 bridgehead atoms. The van der Waals surface area contributed by atoms with Gasteiger partial charge in [-0.05, 0) is 45.1 Å². The van der Waals surface area contributed by atoms with Gasteiger partial charge in [-0.3, -0.25) is 0 Å². The third-order valence-electron chi connectivity index (χ3n) is 3.03. The van der Waals surface area contributed by atoms with Crippen LogP contribution < -0.4 is 0 Å². The van der Waals surface area contributed by atoms with Crippen molar-refractivity contribution in [3.63, 3.8) is 0 Å². The van der Waals surface area contributed by atoms with Gasteiger partial charge in [0.25, 0.3) is 0 Å². The first-order chi connectivity index (χ1) is 8.11. The lowest BCUT2D eigenvalue weighted by Crippen LogP contribution is -2.20. The molecule has 0 saturated heterocycles. The SMILES string of the molecule is Cc1nc2ccc(C(CCO)N(C)C)cc2[nH]1. The first kappa shape index (κ1) is 12.1. The number of aromatic amines is 1. The summed E-state index contributed by atoms with van der Waals surface area (Å²) in [7, 11) is 4.06. The van der Waals surface area contributed by atoms with Gasteiger partial charge in [0.15, 0.2) is 0 Å². The molecule has 0 aliphatic carbocycles. The van der Waals surface area contributed by atoms with Crippen LogP contribution in [0.3, 0.4) is 0 Å². The van der Waals surface area contributed by atoms with Crippen LogP contribution in [0.1, 0.15) is 23.9 Å². The van der Waals surface area contributed by atoms with Gasteiger partial charge in [0.05, 0.1) is 11.0 Å². The molecule has 4 nitrogen and oxygen atoms in total. The normalized spacial score (nSPS) is 13.5. The third-order valence-corrected chi connectivity index (χ3v) is 3.03. The van der Waals surface area contributed by atoms with E-state index in [-0.39, 0.29) is 12.6 Å². The molecule has 17 heavy (non-hydrogen) atoms. The maximum Gasteiger partial charge on any atom is 0.104 e. The van der Waals surface area contributed by atoms with Crippen LogP contribution in [0.4, 0.5) is 0 Å². The van der Waals surface area contributed by atoms with E-state index in [1.54, 1.807) is 0 Å². The lowest BCUT2D eigenvalue weighted by Gasteiger charge is -2.23. The van der Waals surface area contributed by atoms with Crippen LogP contribution in [-0.2, 0) is 0 Å². The van der Waals surface area contributed by atoms with E-state index < -0.39 is 0 Å². The van der Waals surface area contributed by atoms with Crippen LogP contribution in [0.2, 0.25) is 0 Å². The van der Waals surface area contributed by atoms with Gasteiger partial charge in [-0.1, -0.05) is 6.07 Å². The standard InChI is InChI=1S/C13H19N3O/c1-9-14-11-5-4-10(8-12(11)15-9)13(6-7-17)16(2)3/h4-5,8,13,17H,6-7H2,1-3H3,(H,14,15). The molecule has 1 aromatic heterocycles. The predicted molar refractivity (Wildman–Crippen MR) is 69.0 cm³/mol. The summed E-state index contributed by atoms with van der Waals surface area (Å²) in [6.07, 6.45) is 0.742. The summed E-state index contributed by atoms with van der Waals surface area (Å²) in [5, 5.41) is 9.12. The van der Waals surface area contributed by atoms with Crippen LogP contribution in [-0.4, -0.2) is 40.7 Å². The number of nitrogens with one attached hydrogen (secondary N) is 1. The Kier molecular flexibility index (Phi) is 3.45. The van der Waals surface area contributed by atoms with E-state index in [1.807, 2.05) is 27.1 Å². The van der Waals surface area contributed by atoms with Gasteiger partial charge in [-0.2, -0.15) is 0 Å². The van der Waals surface area contributed by atoms with Crippen molar-refractivity contribution in [1.82, 2.24) is 14.9 Å². The Morgan fingerprint density at radius 2 is 2.18 bits per heavy atom. The van der Waals surface area contributed by atoms with E-state index >= 15 is 0 Å². The summed E-state index contributed by atoms with van der Waals surface area (Å²) in [4.78, 5) is 9.75. The third kappa shape index (κ3) is 2.48. The molecule has 2 N–H and O–H groups in total. The number of aromatic nitrogens is 2. The lowest BCUT2D eigenvalue weighted by atomic mass is 10.0. The van der Waals surface area contributed by atoms with Crippen LogP contribution in [0.25, 0.3) is 11.0 Å². The lowest BCUT2D eigenvalue weighted by molar-refractivity contribution is 0.211. The van der Waals surface area contributed by atoms with Crippen molar-refractivity contribution >= 4 is 11.0 Å². The average molecular weight is 233 g/mol. The first-order valence-corrected chi connectivity index (χ1v) is 5.85. The number of rotatable bonds is 4. The van der Waals surface area contributed by atoms with E-state index in [1.165, 1.54) is 5.56 Å². The predicted octanol–water partition coefficient (Wildman–Crippen LogP) is 1.86. The number of fused-ring (bicyclic) bond motifs is 1. The summed E-state index contributed by atoms with van der Waals surface area (Å²) < 4.78 is 0. The van der Waals surface area contributed by atoms with Crippen LogP contribution in [0.15, 0.2) is 18.2 Å². The second kappa shape index (κ2) is 4.85. The van der Waals surface area contributed by atoms with Crippen molar-refractivity contribution in [2.75, 3.05) is 20.7 Å². The monoisotopic (exact) mass is 233 g/mol. The molecule has 0 aliphatic heterocycles. The smallest absolute Gasteiger partial charge is 0.104 e. The van der Waals surface area contributed by atoms with Gasteiger partial charge >= 0.3 is 0 Å². The van der Waals surface area contributed by atoms with Gasteiger partial charge in [0.1, 0.15) is 5.82 Å². The van der Waals surface area contributed by atoms with Crippen molar-refractivity contribution < 1.29 is 5.11 Å². The molecule has 1 heterocycles. The van der Waals surface area contributed by atoms with Crippen LogP contribution >= 0.6 is 0 Å². The Hall–Kier alpha value is -1.39. The molecule has 0 saturated carbocycles. The molecule has 1 aromatic carbocycles. The number of benzene rings is 1. The molecule has 92 valence electrons. The summed E-state index contributed by atoms with van der Waals surface area (Å²) in [5.74, 6) is 0.931. The van der Waals surface area contributed by atoms with Gasteiger partial charge in [-0.25, -0.2) is 4.98 Å². The Morgan fingerprint density at radius 1 is 1.41 bits per heavy atom. The van der Waals surface area contributed by atoms with E-state index in [0.717, 1.165) is 23.3 Å². The van der Waals surface area contributed by atoms with Crippen molar-refractivity contribution in [2.24, 2.45) is 0 Å². The fraction of sp³-hybridized carbons (Fsp3) is 0.462. The van der Waals surface area contributed by atoms with Crippen LogP contribution in [0.5, 0.6) is 0 Å². The van der Waals surface area contributed by atoms with Gasteiger partial charge < -0.3 is 15.0 Å². The number of aliphatic hydroxyl groups is 1. The number of nitrogens with zero attached hydrogens (tertiary/aromatic N) is 2. The quantitative estimate of drug-likeness (QED) is 0.847. The van der Waals surface area contributed by atoms with Crippen molar-refractivity contribution in [2.45, 2.75) is 19.4 Å². The zero-order valence-electron chi connectivity index (χ0n) is 10.6. The first-order valence-electron chi connectivity index (χ1n) is 5.85. The topological polar surface area (TPSA) is 52.2 Å². The number of H-pyrrole nitrogens is 1. The van der Waals surface area contributed by atoms with Crippen molar-refractivity contribution in [3.05, 3.63) is 29.6 Å². The Labute approximate surface area is 101 Å². The summed E-state index contributed by atoms with van der Waals surface area (Å²) in [6, 6.07) is 6.48. The highest BCUT2D eigenvalue weighted by atomic mass is 16.3.